The van der Waals surface area contributed by atoms with E-state index in [1.807, 2.05) is 17.0 Å². The molecule has 1 aliphatic heterocycles. The van der Waals surface area contributed by atoms with Crippen LogP contribution in [0.4, 0.5) is 14.9 Å². The van der Waals surface area contributed by atoms with Gasteiger partial charge in [-0.1, -0.05) is 43.5 Å². The molecule has 6 nitrogen and oxygen atoms in total. The number of nitrogens with zero attached hydrogens (tertiary/aromatic N) is 1. The second kappa shape index (κ2) is 11.0. The molecule has 0 aromatic heterocycles. The maximum atomic E-state index is 13.8. The number of carbonyl (C=O) groups is 3. The van der Waals surface area contributed by atoms with Crippen molar-refractivity contribution in [2.75, 3.05) is 18.4 Å². The monoisotopic (exact) mass is 479 g/mol. The number of Topliss-reactive ketones (excluding diaryl/α,β-unsaturated/α-hetero) is 1. The van der Waals surface area contributed by atoms with Crippen LogP contribution in [0.2, 0.25) is 0 Å². The first-order valence-corrected chi connectivity index (χ1v) is 12.6. The standard InChI is InChI=1S/C28H34FN3O3/c1-20(33)23-8-5-9-25(18-23)30-27(35)31-28(14-3-2-4-15-28)26(34)32-16-6-7-22(19-32)17-21-10-12-24(29)13-11-21/h5,8-13,18,22H,2-4,6-7,14-17,19H2,1H3,(H2,30,31,35)/t22-/m0/s1. The van der Waals surface area contributed by atoms with Crippen LogP contribution in [0, 0.1) is 11.7 Å². The number of piperidine rings is 1. The molecule has 35 heavy (non-hydrogen) atoms. The number of urea groups is 1. The third-order valence-corrected chi connectivity index (χ3v) is 7.24. The van der Waals surface area contributed by atoms with Gasteiger partial charge in [0.05, 0.1) is 0 Å². The molecule has 2 aliphatic rings. The van der Waals surface area contributed by atoms with E-state index in [2.05, 4.69) is 10.6 Å². The average Bonchev–Trinajstić information content (AvgIpc) is 2.86. The first-order chi connectivity index (χ1) is 16.8. The Morgan fingerprint density at radius 1 is 1.03 bits per heavy atom. The van der Waals surface area contributed by atoms with Crippen molar-refractivity contribution in [3.05, 3.63) is 65.5 Å². The predicted molar refractivity (Wildman–Crippen MR) is 134 cm³/mol. The number of amides is 3. The van der Waals surface area contributed by atoms with Crippen LogP contribution >= 0.6 is 0 Å². The SMILES string of the molecule is CC(=O)c1cccc(NC(=O)NC2(C(=O)N3CCC[C@@H](Cc4ccc(F)cc4)C3)CCCCC2)c1. The maximum absolute atomic E-state index is 13.8. The quantitative estimate of drug-likeness (QED) is 0.550. The summed E-state index contributed by atoms with van der Waals surface area (Å²) in [7, 11) is 0. The van der Waals surface area contributed by atoms with E-state index in [1.54, 1.807) is 24.3 Å². The predicted octanol–water partition coefficient (Wildman–Crippen LogP) is 5.33. The van der Waals surface area contributed by atoms with Gasteiger partial charge in [0, 0.05) is 24.3 Å². The van der Waals surface area contributed by atoms with Gasteiger partial charge in [-0.2, -0.15) is 0 Å². The van der Waals surface area contributed by atoms with Crippen LogP contribution in [0.3, 0.4) is 0 Å². The number of anilines is 1. The number of halogens is 1. The fourth-order valence-electron chi connectivity index (χ4n) is 5.42. The molecule has 0 radical (unpaired) electrons. The number of hydrogen-bond donors (Lipinski definition) is 2. The molecule has 2 aromatic carbocycles. The second-order valence-electron chi connectivity index (χ2n) is 9.95. The van der Waals surface area contributed by atoms with E-state index < -0.39 is 11.6 Å². The van der Waals surface area contributed by atoms with Gasteiger partial charge in [0.25, 0.3) is 0 Å². The lowest BCUT2D eigenvalue weighted by Crippen LogP contribution is -2.62. The lowest BCUT2D eigenvalue weighted by atomic mass is 9.79. The van der Waals surface area contributed by atoms with E-state index in [1.165, 1.54) is 19.1 Å². The number of nitrogens with one attached hydrogen (secondary N) is 2. The summed E-state index contributed by atoms with van der Waals surface area (Å²) < 4.78 is 13.3. The van der Waals surface area contributed by atoms with Gasteiger partial charge >= 0.3 is 6.03 Å². The van der Waals surface area contributed by atoms with E-state index in [0.29, 0.717) is 43.1 Å². The Hall–Kier alpha value is -3.22. The van der Waals surface area contributed by atoms with E-state index in [-0.39, 0.29) is 17.5 Å². The molecule has 1 saturated heterocycles. The third-order valence-electron chi connectivity index (χ3n) is 7.24. The minimum Gasteiger partial charge on any atom is -0.340 e. The smallest absolute Gasteiger partial charge is 0.320 e. The lowest BCUT2D eigenvalue weighted by Gasteiger charge is -2.43. The molecule has 1 atom stereocenters. The first kappa shape index (κ1) is 24.9. The summed E-state index contributed by atoms with van der Waals surface area (Å²) in [4.78, 5) is 40.4. The van der Waals surface area contributed by atoms with Gasteiger partial charge in [0.15, 0.2) is 5.78 Å². The summed E-state index contributed by atoms with van der Waals surface area (Å²) in [5.41, 5.74) is 1.19. The van der Waals surface area contributed by atoms with Crippen molar-refractivity contribution >= 4 is 23.4 Å². The fraction of sp³-hybridized carbons (Fsp3) is 0.464. The van der Waals surface area contributed by atoms with Crippen molar-refractivity contribution in [2.24, 2.45) is 5.92 Å². The highest BCUT2D eigenvalue weighted by Gasteiger charge is 2.44. The van der Waals surface area contributed by atoms with Crippen molar-refractivity contribution in [1.29, 1.82) is 0 Å². The summed E-state index contributed by atoms with van der Waals surface area (Å²) in [5.74, 6) is -0.0188. The molecule has 1 saturated carbocycles. The van der Waals surface area contributed by atoms with Crippen LogP contribution in [-0.2, 0) is 11.2 Å². The van der Waals surface area contributed by atoms with Crippen LogP contribution in [0.5, 0.6) is 0 Å². The molecule has 2 N–H and O–H groups in total. The van der Waals surface area contributed by atoms with Crippen LogP contribution in [0.1, 0.15) is 67.8 Å². The number of carbonyl (C=O) groups excluding carboxylic acids is 3. The average molecular weight is 480 g/mol. The Bertz CT molecular complexity index is 1060. The Labute approximate surface area is 206 Å². The fourth-order valence-corrected chi connectivity index (χ4v) is 5.42. The molecular weight excluding hydrogens is 445 g/mol. The van der Waals surface area contributed by atoms with E-state index >= 15 is 0 Å². The van der Waals surface area contributed by atoms with Gasteiger partial charge in [-0.25, -0.2) is 9.18 Å². The summed E-state index contributed by atoms with van der Waals surface area (Å²) in [6, 6.07) is 12.9. The summed E-state index contributed by atoms with van der Waals surface area (Å²) in [5, 5.41) is 5.84. The lowest BCUT2D eigenvalue weighted by molar-refractivity contribution is -0.141. The topological polar surface area (TPSA) is 78.5 Å². The van der Waals surface area contributed by atoms with E-state index in [9.17, 15) is 18.8 Å². The minimum atomic E-state index is -0.918. The molecule has 2 fully saturated rings. The summed E-state index contributed by atoms with van der Waals surface area (Å²) in [6.07, 6.45) is 6.80. The molecule has 1 heterocycles. The van der Waals surface area contributed by atoms with Gasteiger partial charge in [-0.15, -0.1) is 0 Å². The van der Waals surface area contributed by atoms with Crippen molar-refractivity contribution in [2.45, 2.75) is 63.8 Å². The van der Waals surface area contributed by atoms with Crippen LogP contribution in [0.15, 0.2) is 48.5 Å². The van der Waals surface area contributed by atoms with Crippen molar-refractivity contribution in [1.82, 2.24) is 10.2 Å². The van der Waals surface area contributed by atoms with E-state index in [4.69, 9.17) is 0 Å². The minimum absolute atomic E-state index is 0.00589. The number of benzene rings is 2. The first-order valence-electron chi connectivity index (χ1n) is 12.6. The van der Waals surface area contributed by atoms with Gasteiger partial charge in [0.2, 0.25) is 5.91 Å². The highest BCUT2D eigenvalue weighted by atomic mass is 19.1. The Morgan fingerprint density at radius 2 is 1.77 bits per heavy atom. The van der Waals surface area contributed by atoms with Crippen molar-refractivity contribution in [3.63, 3.8) is 0 Å². The highest BCUT2D eigenvalue weighted by molar-refractivity contribution is 5.98. The van der Waals surface area contributed by atoms with Crippen molar-refractivity contribution < 1.29 is 18.8 Å². The number of rotatable bonds is 6. The van der Waals surface area contributed by atoms with Gasteiger partial charge < -0.3 is 15.5 Å². The van der Waals surface area contributed by atoms with E-state index in [0.717, 1.165) is 44.1 Å². The molecule has 1 aliphatic carbocycles. The molecule has 0 spiro atoms. The summed E-state index contributed by atoms with van der Waals surface area (Å²) in [6.45, 7) is 2.81. The number of ketones is 1. The molecule has 7 heteroatoms. The largest absolute Gasteiger partial charge is 0.340 e. The highest BCUT2D eigenvalue weighted by Crippen LogP contribution is 2.32. The summed E-state index contributed by atoms with van der Waals surface area (Å²) >= 11 is 0. The zero-order valence-electron chi connectivity index (χ0n) is 20.3. The van der Waals surface area contributed by atoms with Crippen molar-refractivity contribution in [3.8, 4) is 0 Å². The van der Waals surface area contributed by atoms with Crippen LogP contribution < -0.4 is 10.6 Å². The molecule has 3 amide bonds. The van der Waals surface area contributed by atoms with Crippen LogP contribution in [-0.4, -0.2) is 41.2 Å². The number of hydrogen-bond acceptors (Lipinski definition) is 3. The van der Waals surface area contributed by atoms with Gasteiger partial charge in [0.1, 0.15) is 11.4 Å². The zero-order valence-corrected chi connectivity index (χ0v) is 20.3. The normalized spacial score (nSPS) is 19.6. The molecule has 0 bridgehead atoms. The zero-order chi connectivity index (χ0) is 24.8. The molecule has 4 rings (SSSR count). The Balaban J connectivity index is 1.44. The number of likely N-dealkylation sites (tertiary alicyclic amines) is 1. The maximum Gasteiger partial charge on any atom is 0.320 e. The van der Waals surface area contributed by atoms with Gasteiger partial charge in [-0.05, 0) is 74.8 Å². The molecule has 186 valence electrons. The van der Waals surface area contributed by atoms with Gasteiger partial charge in [-0.3, -0.25) is 9.59 Å². The Kier molecular flexibility index (Phi) is 7.83. The Morgan fingerprint density at radius 3 is 2.49 bits per heavy atom. The molecular formula is C28H34FN3O3. The third kappa shape index (κ3) is 6.27. The molecule has 0 unspecified atom stereocenters. The molecule has 2 aromatic rings. The second-order valence-corrected chi connectivity index (χ2v) is 9.95. The van der Waals surface area contributed by atoms with Crippen LogP contribution in [0.25, 0.3) is 0 Å².